The second kappa shape index (κ2) is 12.6. The summed E-state index contributed by atoms with van der Waals surface area (Å²) < 4.78 is 8.07. The first-order valence-corrected chi connectivity index (χ1v) is 24.7. The summed E-state index contributed by atoms with van der Waals surface area (Å²) in [6, 6.07) is 0. The lowest BCUT2D eigenvalue weighted by atomic mass is 10.2. The SMILES string of the molecule is CCCS(CCCCl)(OS(CCC)(CCCCl)[Si](C)(C)C(C)(C)C)[Si](C)(C)C(C)(C)C. The maximum Gasteiger partial charge on any atom is 0.127 e. The predicted molar refractivity (Wildman–Crippen MR) is 161 cm³/mol. The molecule has 192 valence electrons. The van der Waals surface area contributed by atoms with Gasteiger partial charge in [-0.1, -0.05) is 81.6 Å². The molecule has 0 bridgehead atoms. The second-order valence-electron chi connectivity index (χ2n) is 12.1. The van der Waals surface area contributed by atoms with E-state index in [1.165, 1.54) is 35.9 Å². The van der Waals surface area contributed by atoms with Crippen molar-refractivity contribution in [2.45, 2.75) is 117 Å². The Hall–Kier alpha value is 1.67. The summed E-state index contributed by atoms with van der Waals surface area (Å²) >= 11 is 12.6. The third-order valence-electron chi connectivity index (χ3n) is 8.02. The number of alkyl halides is 2. The lowest BCUT2D eigenvalue weighted by molar-refractivity contribution is 0.667. The summed E-state index contributed by atoms with van der Waals surface area (Å²) in [7, 11) is -5.92. The Kier molecular flexibility index (Phi) is 13.3. The molecule has 0 aromatic carbocycles. The first kappa shape index (κ1) is 32.7. The van der Waals surface area contributed by atoms with Crippen LogP contribution in [0.1, 0.15) is 81.1 Å². The van der Waals surface area contributed by atoms with Crippen molar-refractivity contribution in [1.29, 1.82) is 0 Å². The van der Waals surface area contributed by atoms with Crippen LogP contribution < -0.4 is 0 Å². The van der Waals surface area contributed by atoms with Crippen LogP contribution in [0, 0.1) is 0 Å². The van der Waals surface area contributed by atoms with E-state index >= 15 is 0 Å². The zero-order chi connectivity index (χ0) is 24.8. The Bertz CT molecular complexity index is 487. The van der Waals surface area contributed by atoms with Crippen LogP contribution in [0.4, 0.5) is 0 Å². The zero-order valence-electron chi connectivity index (χ0n) is 23.1. The van der Waals surface area contributed by atoms with Crippen LogP contribution in [0.5, 0.6) is 0 Å². The van der Waals surface area contributed by atoms with Gasteiger partial charge in [0.15, 0.2) is 0 Å². The van der Waals surface area contributed by atoms with E-state index in [0.717, 1.165) is 24.6 Å². The lowest BCUT2D eigenvalue weighted by Crippen LogP contribution is -2.52. The first-order valence-electron chi connectivity index (χ1n) is 12.3. The van der Waals surface area contributed by atoms with E-state index in [-0.39, 0.29) is 0 Å². The van der Waals surface area contributed by atoms with Crippen molar-refractivity contribution in [2.24, 2.45) is 0 Å². The molecule has 0 heterocycles. The maximum absolute atomic E-state index is 8.07. The first-order chi connectivity index (χ1) is 13.9. The predicted octanol–water partition coefficient (Wildman–Crippen LogP) is 10.5. The highest BCUT2D eigenvalue weighted by Gasteiger charge is 2.57. The van der Waals surface area contributed by atoms with E-state index < -0.39 is 34.0 Å². The molecule has 0 saturated carbocycles. The molecular formula is C24H56Cl2OS2Si2. The third-order valence-corrected chi connectivity index (χ3v) is 44.1. The van der Waals surface area contributed by atoms with Gasteiger partial charge in [0.25, 0.3) is 0 Å². The molecule has 0 aliphatic heterocycles. The lowest BCUT2D eigenvalue weighted by Gasteiger charge is -2.65. The Balaban J connectivity index is 7.00. The largest absolute Gasteiger partial charge is 0.301 e. The fourth-order valence-corrected chi connectivity index (χ4v) is 37.3. The highest BCUT2D eigenvalue weighted by atomic mass is 35.5. The van der Waals surface area contributed by atoms with Crippen molar-refractivity contribution in [3.05, 3.63) is 0 Å². The molecule has 0 fully saturated rings. The molecule has 0 saturated heterocycles. The van der Waals surface area contributed by atoms with Gasteiger partial charge in [-0.2, -0.15) is 0 Å². The molecule has 0 spiro atoms. The minimum atomic E-state index is -1.75. The van der Waals surface area contributed by atoms with Gasteiger partial charge in [-0.05, 0) is 58.8 Å². The highest BCUT2D eigenvalue weighted by molar-refractivity contribution is 8.64. The molecule has 0 aromatic rings. The van der Waals surface area contributed by atoms with Gasteiger partial charge in [0.2, 0.25) is 0 Å². The molecule has 0 aliphatic carbocycles. The van der Waals surface area contributed by atoms with Crippen molar-refractivity contribution in [2.75, 3.05) is 34.8 Å². The van der Waals surface area contributed by atoms with Crippen molar-refractivity contribution in [3.8, 4) is 0 Å². The van der Waals surface area contributed by atoms with E-state index in [1.807, 2.05) is 0 Å². The van der Waals surface area contributed by atoms with Crippen LogP contribution in [0.3, 0.4) is 0 Å². The van der Waals surface area contributed by atoms with Gasteiger partial charge in [0.1, 0.15) is 14.4 Å². The van der Waals surface area contributed by atoms with Crippen LogP contribution in [0.15, 0.2) is 0 Å². The van der Waals surface area contributed by atoms with Crippen LogP contribution in [-0.4, -0.2) is 49.2 Å². The number of rotatable bonds is 14. The monoisotopic (exact) mass is 550 g/mol. The van der Waals surface area contributed by atoms with Gasteiger partial charge < -0.3 is 3.63 Å². The van der Waals surface area contributed by atoms with E-state index in [2.05, 4.69) is 81.6 Å². The molecule has 7 heteroatoms. The molecule has 0 amide bonds. The second-order valence-corrected chi connectivity index (χ2v) is 37.9. The van der Waals surface area contributed by atoms with Gasteiger partial charge in [0, 0.05) is 11.8 Å². The summed E-state index contributed by atoms with van der Waals surface area (Å²) in [6.45, 7) is 30.1. The molecule has 1 nitrogen and oxygen atoms in total. The molecule has 0 aliphatic rings. The third kappa shape index (κ3) is 7.33. The molecule has 0 rings (SSSR count). The van der Waals surface area contributed by atoms with E-state index in [0.29, 0.717) is 10.1 Å². The molecule has 2 atom stereocenters. The maximum atomic E-state index is 8.07. The van der Waals surface area contributed by atoms with Gasteiger partial charge >= 0.3 is 0 Å². The summed E-state index contributed by atoms with van der Waals surface area (Å²) in [5.74, 6) is 6.36. The normalized spacial score (nSPS) is 20.1. The molecule has 0 aromatic heterocycles. The smallest absolute Gasteiger partial charge is 0.127 e. The minimum Gasteiger partial charge on any atom is -0.301 e. The Morgan fingerprint density at radius 2 is 0.903 bits per heavy atom. The topological polar surface area (TPSA) is 9.23 Å². The molecule has 0 N–H and O–H groups in total. The average molecular weight is 552 g/mol. The van der Waals surface area contributed by atoms with Crippen molar-refractivity contribution in [1.82, 2.24) is 0 Å². The van der Waals surface area contributed by atoms with Gasteiger partial charge in [-0.15, -0.1) is 42.7 Å². The van der Waals surface area contributed by atoms with Crippen LogP contribution in [0.2, 0.25) is 36.3 Å². The molecule has 31 heavy (non-hydrogen) atoms. The van der Waals surface area contributed by atoms with E-state index in [9.17, 15) is 0 Å². The van der Waals surface area contributed by atoms with Crippen LogP contribution >= 0.6 is 42.7 Å². The minimum absolute atomic E-state index is 0.307. The number of hydrogen-bond acceptors (Lipinski definition) is 1. The van der Waals surface area contributed by atoms with Gasteiger partial charge in [-0.25, -0.2) is 0 Å². The Labute approximate surface area is 211 Å². The van der Waals surface area contributed by atoms with Crippen molar-refractivity contribution < 1.29 is 3.63 Å². The number of halogens is 2. The summed E-state index contributed by atoms with van der Waals surface area (Å²) in [6.07, 6.45) is 4.58. The van der Waals surface area contributed by atoms with Crippen LogP contribution in [0.25, 0.3) is 0 Å². The Morgan fingerprint density at radius 3 is 1.10 bits per heavy atom. The standard InChI is InChI=1S/C24H56Cl2OS2Si2/c1-13-19-28(21-15-17-25,30(9,10)23(3,4)5)27-29(20-14-2,22-16-18-26)31(11,12)24(6,7)8/h13-22H2,1-12H3. The quantitative estimate of drug-likeness (QED) is 0.154. The molecule has 2 unspecified atom stereocenters. The Morgan fingerprint density at radius 1 is 0.613 bits per heavy atom. The van der Waals surface area contributed by atoms with Gasteiger partial charge in [0.05, 0.1) is 0 Å². The molecular weight excluding hydrogens is 495 g/mol. The highest BCUT2D eigenvalue weighted by Crippen LogP contribution is 2.78. The average Bonchev–Trinajstić information content (AvgIpc) is 2.62. The summed E-state index contributed by atoms with van der Waals surface area (Å²) in [5, 5.41) is 0.613. The van der Waals surface area contributed by atoms with Crippen molar-refractivity contribution >= 4 is 57.2 Å². The molecule has 0 radical (unpaired) electrons. The zero-order valence-corrected chi connectivity index (χ0v) is 28.2. The fraction of sp³-hybridized carbons (Fsp3) is 1.00. The summed E-state index contributed by atoms with van der Waals surface area (Å²) in [4.78, 5) is 0. The fourth-order valence-electron chi connectivity index (χ4n) is 4.13. The number of hydrogen-bond donors (Lipinski definition) is 0. The van der Waals surface area contributed by atoms with Crippen LogP contribution in [-0.2, 0) is 3.63 Å². The summed E-state index contributed by atoms with van der Waals surface area (Å²) in [5.41, 5.74) is 0. The van der Waals surface area contributed by atoms with E-state index in [4.69, 9.17) is 26.8 Å². The van der Waals surface area contributed by atoms with Gasteiger partial charge in [-0.3, -0.25) is 0 Å². The van der Waals surface area contributed by atoms with Crippen molar-refractivity contribution in [3.63, 3.8) is 0 Å². The van der Waals surface area contributed by atoms with E-state index in [1.54, 1.807) is 0 Å².